The number of Topliss-reactive ketones (excluding diaryl/α,β-unsaturated/α-hetero) is 1. The second kappa shape index (κ2) is 39.0. The van der Waals surface area contributed by atoms with Crippen LogP contribution in [-0.4, -0.2) is 196 Å². The molecule has 0 aromatic carbocycles. The lowest BCUT2D eigenvalue weighted by Gasteiger charge is -2.34. The van der Waals surface area contributed by atoms with Crippen LogP contribution in [0.4, 0.5) is 0 Å². The van der Waals surface area contributed by atoms with Crippen molar-refractivity contribution in [2.45, 2.75) is 260 Å². The highest BCUT2D eigenvalue weighted by atomic mass is 16.5. The van der Waals surface area contributed by atoms with Gasteiger partial charge >= 0.3 is 11.9 Å². The van der Waals surface area contributed by atoms with Crippen LogP contribution in [0.25, 0.3) is 0 Å². The number of esters is 1. The lowest BCUT2D eigenvalue weighted by molar-refractivity contribution is -0.154. The van der Waals surface area contributed by atoms with Crippen molar-refractivity contribution >= 4 is 76.8 Å². The number of aliphatic hydroxyl groups excluding tert-OH is 1. The first-order valence-electron chi connectivity index (χ1n) is 32.9. The number of carbonyl (C=O) groups excluding carboxylic acids is 12. The number of likely N-dealkylation sites (N-methyl/N-ethyl adjacent to an activating group) is 1. The summed E-state index contributed by atoms with van der Waals surface area (Å²) in [6.07, 6.45) is 0.337. The zero-order valence-corrected chi connectivity index (χ0v) is 59.1. The maximum atomic E-state index is 14.8. The molecule has 0 spiro atoms. The first-order valence-corrected chi connectivity index (χ1v) is 32.9. The Balaban J connectivity index is 3.57. The van der Waals surface area contributed by atoms with Gasteiger partial charge < -0.3 is 72.6 Å². The molecule has 11 N–H and O–H groups in total. The summed E-state index contributed by atoms with van der Waals surface area (Å²) in [6.45, 7) is 30.6. The van der Waals surface area contributed by atoms with Crippen molar-refractivity contribution in [1.29, 1.82) is 0 Å². The number of carboxylic acid groups (broad SMARTS) is 1. The van der Waals surface area contributed by atoms with E-state index < -0.39 is 149 Å². The summed E-state index contributed by atoms with van der Waals surface area (Å²) in [4.78, 5) is 180. The van der Waals surface area contributed by atoms with Gasteiger partial charge in [-0.15, -0.1) is 0 Å². The molecule has 27 heteroatoms. The molecule has 1 heterocycles. The van der Waals surface area contributed by atoms with Crippen molar-refractivity contribution in [2.24, 2.45) is 35.5 Å². The minimum Gasteiger partial charge on any atom is -0.481 e. The molecule has 0 aliphatic carbocycles. The maximum absolute atomic E-state index is 14.8. The van der Waals surface area contributed by atoms with Crippen LogP contribution in [0.15, 0.2) is 12.2 Å². The Hall–Kier alpha value is -7.03. The van der Waals surface area contributed by atoms with E-state index in [9.17, 15) is 67.4 Å². The molecular weight excluding hydrogens is 1200 g/mol. The molecule has 93 heavy (non-hydrogen) atoms. The van der Waals surface area contributed by atoms with Crippen molar-refractivity contribution in [2.75, 3.05) is 33.7 Å². The van der Waals surface area contributed by atoms with E-state index in [1.807, 2.05) is 60.5 Å². The predicted molar refractivity (Wildman–Crippen MR) is 351 cm³/mol. The molecule has 1 fully saturated rings. The number of carboxylic acids is 1. The number of carbonyl (C=O) groups is 13. The second-order valence-electron chi connectivity index (χ2n) is 28.4. The highest BCUT2D eigenvalue weighted by Crippen LogP contribution is 2.26. The number of likely N-dealkylation sites (tertiary alicyclic amines) is 1. The normalized spacial score (nSPS) is 17.4. The van der Waals surface area contributed by atoms with Gasteiger partial charge in [0.2, 0.25) is 59.1 Å². The molecule has 1 aliphatic heterocycles. The third-order valence-corrected chi connectivity index (χ3v) is 15.9. The van der Waals surface area contributed by atoms with Crippen LogP contribution in [0.3, 0.4) is 0 Å². The highest BCUT2D eigenvalue weighted by Gasteiger charge is 2.43. The predicted octanol–water partition coefficient (Wildman–Crippen LogP) is 2.69. The van der Waals surface area contributed by atoms with Crippen LogP contribution in [0.1, 0.15) is 195 Å². The number of nitrogens with one attached hydrogen (secondary N) is 9. The van der Waals surface area contributed by atoms with Crippen LogP contribution < -0.4 is 47.9 Å². The number of aliphatic hydroxyl groups is 1. The first-order chi connectivity index (χ1) is 42.9. The van der Waals surface area contributed by atoms with E-state index in [4.69, 9.17) is 9.84 Å². The van der Waals surface area contributed by atoms with Gasteiger partial charge in [0.05, 0.1) is 18.9 Å². The fourth-order valence-corrected chi connectivity index (χ4v) is 10.3. The van der Waals surface area contributed by atoms with Crippen LogP contribution in [0.5, 0.6) is 0 Å². The van der Waals surface area contributed by atoms with E-state index in [0.717, 1.165) is 6.42 Å². The van der Waals surface area contributed by atoms with Gasteiger partial charge in [0.1, 0.15) is 58.7 Å². The average Bonchev–Trinajstić information content (AvgIpc) is 1.80. The van der Waals surface area contributed by atoms with Crippen molar-refractivity contribution < 1.29 is 77.3 Å². The standard InChI is InChI=1S/C66H115N11O16/c1-21-40(9)23-24-51(80)77-35-42(11)33-49(77)59(88)70-48(32-41(10)31-45(34-44(78)22-2)93-53(83)26-25-52(81)82)57(86)72-54(55(84)39(7)8)60(89)74-65(15,16)62(91)71-46(29-37(3)4)56(85)69-47(30-38(5)6)58(87)73-66(17,18)63(92)75-64(13,14)61(90)67-28-27-50(79)68-43(12)36-76(19)20/h23-24,37-43,45-49,54-55,84H,21-22,25-36H2,1-20H3,(H,67,90)(H,68,79)(H,69,85)(H,70,88)(H,71,91)(H,72,86)(H,73,87)(H,74,89)(H,75,92)(H,81,82)/b24-23+/t40-,41-,42+,43+,45+,46+,47+,48+,49+,54+,55-/m1/s1. The van der Waals surface area contributed by atoms with Gasteiger partial charge in [-0.25, -0.2) is 0 Å². The Morgan fingerprint density at radius 2 is 1.17 bits per heavy atom. The lowest BCUT2D eigenvalue weighted by Crippen LogP contribution is -2.66. The summed E-state index contributed by atoms with van der Waals surface area (Å²) in [7, 11) is 3.76. The van der Waals surface area contributed by atoms with E-state index in [1.54, 1.807) is 47.6 Å². The number of amides is 10. The van der Waals surface area contributed by atoms with Gasteiger partial charge in [-0.3, -0.25) is 62.3 Å². The molecule has 10 amide bonds. The minimum atomic E-state index is -1.88. The number of ether oxygens (including phenoxy) is 1. The maximum Gasteiger partial charge on any atom is 0.306 e. The van der Waals surface area contributed by atoms with Gasteiger partial charge in [-0.05, 0) is 136 Å². The smallest absolute Gasteiger partial charge is 0.306 e. The fraction of sp³-hybridized carbons (Fsp3) is 0.773. The van der Waals surface area contributed by atoms with E-state index in [1.165, 1.54) is 52.5 Å². The topological polar surface area (TPSA) is 386 Å². The summed E-state index contributed by atoms with van der Waals surface area (Å²) >= 11 is 0. The summed E-state index contributed by atoms with van der Waals surface area (Å²) < 4.78 is 5.58. The number of aliphatic carboxylic acids is 1. The van der Waals surface area contributed by atoms with E-state index in [0.29, 0.717) is 6.54 Å². The van der Waals surface area contributed by atoms with Crippen LogP contribution in [-0.2, 0) is 67.1 Å². The molecule has 1 saturated heterocycles. The molecule has 0 unspecified atom stereocenters. The van der Waals surface area contributed by atoms with Gasteiger partial charge in [0.15, 0.2) is 0 Å². The molecule has 1 aliphatic rings. The van der Waals surface area contributed by atoms with Gasteiger partial charge in [0.25, 0.3) is 0 Å². The van der Waals surface area contributed by atoms with Crippen molar-refractivity contribution in [3.63, 3.8) is 0 Å². The van der Waals surface area contributed by atoms with Crippen LogP contribution in [0.2, 0.25) is 0 Å². The molecular formula is C66H115N11O16. The number of hydrogen-bond donors (Lipinski definition) is 11. The minimum absolute atomic E-state index is 0.00388. The van der Waals surface area contributed by atoms with Crippen molar-refractivity contribution in [1.82, 2.24) is 57.7 Å². The first kappa shape index (κ1) is 84.0. The Morgan fingerprint density at radius 1 is 0.634 bits per heavy atom. The molecule has 0 bridgehead atoms. The zero-order chi connectivity index (χ0) is 71.6. The van der Waals surface area contributed by atoms with Gasteiger partial charge in [-0.1, -0.05) is 88.7 Å². The largest absolute Gasteiger partial charge is 0.481 e. The number of rotatable bonds is 41. The summed E-state index contributed by atoms with van der Waals surface area (Å²) in [5.41, 5.74) is -5.02. The van der Waals surface area contributed by atoms with Gasteiger partial charge in [-0.2, -0.15) is 0 Å². The molecule has 27 nitrogen and oxygen atoms in total. The molecule has 0 aromatic rings. The number of hydrogen-bond acceptors (Lipinski definition) is 16. The quantitative estimate of drug-likeness (QED) is 0.0310. The van der Waals surface area contributed by atoms with Crippen molar-refractivity contribution in [3.8, 4) is 0 Å². The summed E-state index contributed by atoms with van der Waals surface area (Å²) in [5, 5.41) is 45.1. The van der Waals surface area contributed by atoms with E-state index >= 15 is 0 Å². The Kier molecular flexibility index (Phi) is 35.2. The summed E-state index contributed by atoms with van der Waals surface area (Å²) in [5.74, 6) is -11.2. The SMILES string of the molecule is CCC(=O)C[C@H](C[C@@H](C)C[C@H](NC(=O)[C@@H]1C[C@H](C)CN1C(=O)/C=C/[C@H](C)CC)C(=O)N[C@H](C(=O)NC(C)(C)C(=O)N[C@@H](CC(C)C)C(=O)N[C@@H](CC(C)C)C(=O)NC(C)(C)C(=O)NC(C)(C)C(=O)NCCC(=O)N[C@@H](C)CN(C)C)[C@H](O)C(C)C)OC(=O)CCC(=O)O. The Bertz CT molecular complexity index is 2600. The number of ketones is 1. The second-order valence-corrected chi connectivity index (χ2v) is 28.4. The van der Waals surface area contributed by atoms with Crippen molar-refractivity contribution in [3.05, 3.63) is 12.2 Å². The average molecular weight is 1320 g/mol. The zero-order valence-electron chi connectivity index (χ0n) is 59.1. The molecule has 0 aromatic heterocycles. The lowest BCUT2D eigenvalue weighted by atomic mass is 9.92. The Morgan fingerprint density at radius 3 is 1.71 bits per heavy atom. The van der Waals surface area contributed by atoms with Gasteiger partial charge in [0, 0.05) is 44.9 Å². The third kappa shape index (κ3) is 30.7. The van der Waals surface area contributed by atoms with Crippen LogP contribution >= 0.6 is 0 Å². The van der Waals surface area contributed by atoms with E-state index in [-0.39, 0.29) is 106 Å². The highest BCUT2D eigenvalue weighted by molar-refractivity contribution is 6.00. The molecule has 1 rings (SSSR count). The number of nitrogens with zero attached hydrogens (tertiary/aromatic N) is 2. The molecule has 0 radical (unpaired) electrons. The molecule has 11 atom stereocenters. The monoisotopic (exact) mass is 1320 g/mol. The Labute approximate surface area is 551 Å². The number of allylic oxidation sites excluding steroid dienone is 1. The van der Waals surface area contributed by atoms with Crippen LogP contribution in [0, 0.1) is 35.5 Å². The summed E-state index contributed by atoms with van der Waals surface area (Å²) in [6, 6.07) is -6.96. The molecule has 530 valence electrons. The third-order valence-electron chi connectivity index (χ3n) is 15.9. The van der Waals surface area contributed by atoms with E-state index in [2.05, 4.69) is 47.9 Å². The molecule has 0 saturated carbocycles. The fourth-order valence-electron chi connectivity index (χ4n) is 10.3.